The van der Waals surface area contributed by atoms with Gasteiger partial charge in [0.25, 0.3) is 5.69 Å². The molecule has 0 aromatic heterocycles. The van der Waals surface area contributed by atoms with Gasteiger partial charge in [-0.05, 0) is 29.9 Å². The second-order valence-electron chi connectivity index (χ2n) is 8.33. The molecule has 0 bridgehead atoms. The van der Waals surface area contributed by atoms with Gasteiger partial charge in [-0.15, -0.1) is 0 Å². The Bertz CT molecular complexity index is 1290. The number of non-ortho nitro benzene ring substituents is 1. The molecule has 10 heteroatoms. The second kappa shape index (κ2) is 10.8. The number of hydrogen-bond acceptors (Lipinski definition) is 8. The van der Waals surface area contributed by atoms with Crippen LogP contribution in [0.3, 0.4) is 0 Å². The molecule has 0 spiro atoms. The number of amides is 1. The monoisotopic (exact) mass is 506 g/mol. The minimum absolute atomic E-state index is 0.0462. The van der Waals surface area contributed by atoms with Gasteiger partial charge in [-0.1, -0.05) is 61.2 Å². The van der Waals surface area contributed by atoms with Crippen molar-refractivity contribution in [2.24, 2.45) is 4.99 Å². The molecule has 2 heterocycles. The maximum absolute atomic E-state index is 13.0. The molecule has 2 aromatic rings. The van der Waals surface area contributed by atoms with E-state index in [2.05, 4.69) is 10.3 Å². The smallest absolute Gasteiger partial charge is 0.338 e. The van der Waals surface area contributed by atoms with E-state index in [1.807, 2.05) is 54.5 Å². The maximum Gasteiger partial charge on any atom is 0.338 e. The van der Waals surface area contributed by atoms with Crippen molar-refractivity contribution in [2.75, 3.05) is 7.11 Å². The van der Waals surface area contributed by atoms with Crippen LogP contribution in [0.15, 0.2) is 82.0 Å². The number of carbonyl (C=O) groups is 2. The summed E-state index contributed by atoms with van der Waals surface area (Å²) in [5.74, 6) is -0.758. The molecule has 2 aliphatic rings. The third-order valence-electron chi connectivity index (χ3n) is 6.04. The van der Waals surface area contributed by atoms with Gasteiger partial charge in [-0.2, -0.15) is 0 Å². The molecule has 9 nitrogen and oxygen atoms in total. The summed E-state index contributed by atoms with van der Waals surface area (Å²) >= 11 is 1.35. The Hall–Kier alpha value is -3.92. The van der Waals surface area contributed by atoms with Crippen LogP contribution in [0.2, 0.25) is 0 Å². The van der Waals surface area contributed by atoms with E-state index in [1.165, 1.54) is 31.0 Å². The molecule has 0 aliphatic carbocycles. The van der Waals surface area contributed by atoms with Crippen molar-refractivity contribution in [2.45, 2.75) is 38.8 Å². The topological polar surface area (TPSA) is 114 Å². The first-order valence-electron chi connectivity index (χ1n) is 11.5. The highest BCUT2D eigenvalue weighted by atomic mass is 32.2. The average Bonchev–Trinajstić information content (AvgIpc) is 3.29. The second-order valence-corrected chi connectivity index (χ2v) is 9.16. The number of nitro benzene ring substituents is 1. The number of nitro groups is 1. The number of methoxy groups -OCH3 is 1. The first-order valence-corrected chi connectivity index (χ1v) is 12.4. The summed E-state index contributed by atoms with van der Waals surface area (Å²) in [5.41, 5.74) is 2.92. The Morgan fingerprint density at radius 3 is 2.64 bits per heavy atom. The van der Waals surface area contributed by atoms with E-state index in [9.17, 15) is 19.7 Å². The van der Waals surface area contributed by atoms with Crippen LogP contribution in [0.1, 0.15) is 49.9 Å². The Labute approximate surface area is 213 Å². The minimum Gasteiger partial charge on any atom is -0.466 e. The average molecular weight is 507 g/mol. The predicted molar refractivity (Wildman–Crippen MR) is 138 cm³/mol. The molecular weight excluding hydrogens is 480 g/mol. The molecule has 186 valence electrons. The van der Waals surface area contributed by atoms with Crippen LogP contribution in [0, 0.1) is 10.1 Å². The number of aliphatic imine (C=N–C) groups is 1. The zero-order chi connectivity index (χ0) is 25.8. The van der Waals surface area contributed by atoms with Gasteiger partial charge in [0.15, 0.2) is 5.17 Å². The quantitative estimate of drug-likeness (QED) is 0.304. The van der Waals surface area contributed by atoms with Gasteiger partial charge in [-0.25, -0.2) is 9.79 Å². The number of benzene rings is 2. The molecule has 2 atom stereocenters. The van der Waals surface area contributed by atoms with E-state index in [-0.39, 0.29) is 24.1 Å². The zero-order valence-electron chi connectivity index (χ0n) is 20.1. The van der Waals surface area contributed by atoms with Gasteiger partial charge in [-0.3, -0.25) is 14.9 Å². The zero-order valence-corrected chi connectivity index (χ0v) is 21.0. The van der Waals surface area contributed by atoms with E-state index >= 15 is 0 Å². The van der Waals surface area contributed by atoms with Gasteiger partial charge >= 0.3 is 5.97 Å². The lowest BCUT2D eigenvalue weighted by atomic mass is 9.92. The van der Waals surface area contributed by atoms with Crippen molar-refractivity contribution in [3.05, 3.63) is 98.2 Å². The lowest BCUT2D eigenvalue weighted by molar-refractivity contribution is -0.384. The molecule has 1 N–H and O–H groups in total. The first kappa shape index (κ1) is 25.2. The number of allylic oxidation sites excluding steroid dienone is 1. The molecule has 0 saturated carbocycles. The lowest BCUT2D eigenvalue weighted by Gasteiger charge is -2.36. The van der Waals surface area contributed by atoms with Crippen molar-refractivity contribution < 1.29 is 19.2 Å². The number of ether oxygens (including phenoxy) is 1. The normalized spacial score (nSPS) is 17.6. The Morgan fingerprint density at radius 2 is 1.97 bits per heavy atom. The van der Waals surface area contributed by atoms with E-state index in [0.717, 1.165) is 5.56 Å². The molecule has 1 amide bonds. The molecule has 0 radical (unpaired) electrons. The lowest BCUT2D eigenvalue weighted by Crippen LogP contribution is -2.38. The predicted octanol–water partition coefficient (Wildman–Crippen LogP) is 5.00. The van der Waals surface area contributed by atoms with E-state index in [4.69, 9.17) is 4.74 Å². The standard InChI is InChI=1S/C26H26N4O5S/c1-4-21-23(25(32)35-3)24(18-11-8-12-19(13-18)30(33)34)29-20(15-36-26(29)28-21)14-22(31)27-16(2)17-9-6-5-7-10-17/h5-13,15-16,24H,4,14H2,1-3H3,(H,27,31). The number of fused-ring (bicyclic) bond motifs is 1. The van der Waals surface area contributed by atoms with Crippen LogP contribution in [0.25, 0.3) is 0 Å². The van der Waals surface area contributed by atoms with Gasteiger partial charge < -0.3 is 15.0 Å². The van der Waals surface area contributed by atoms with Crippen LogP contribution in [-0.2, 0) is 14.3 Å². The van der Waals surface area contributed by atoms with Crippen LogP contribution >= 0.6 is 11.8 Å². The summed E-state index contributed by atoms with van der Waals surface area (Å²) in [4.78, 5) is 43.5. The Balaban J connectivity index is 1.68. The third-order valence-corrected chi connectivity index (χ3v) is 6.93. The van der Waals surface area contributed by atoms with E-state index < -0.39 is 16.9 Å². The fourth-order valence-electron chi connectivity index (χ4n) is 4.32. The molecule has 4 rings (SSSR count). The molecule has 0 saturated heterocycles. The van der Waals surface area contributed by atoms with Gasteiger partial charge in [0.1, 0.15) is 0 Å². The number of esters is 1. The highest BCUT2D eigenvalue weighted by Gasteiger charge is 2.41. The first-order chi connectivity index (χ1) is 17.3. The molecule has 2 unspecified atom stereocenters. The van der Waals surface area contributed by atoms with Crippen LogP contribution in [-0.4, -0.2) is 34.0 Å². The molecule has 2 aromatic carbocycles. The van der Waals surface area contributed by atoms with Crippen molar-refractivity contribution in [1.29, 1.82) is 0 Å². The molecule has 36 heavy (non-hydrogen) atoms. The van der Waals surface area contributed by atoms with E-state index in [0.29, 0.717) is 34.1 Å². The maximum atomic E-state index is 13.0. The van der Waals surface area contributed by atoms with Crippen molar-refractivity contribution in [3.63, 3.8) is 0 Å². The molecular formula is C26H26N4O5S. The number of thioether (sulfide) groups is 1. The number of rotatable bonds is 8. The minimum atomic E-state index is -0.722. The summed E-state index contributed by atoms with van der Waals surface area (Å²) in [6, 6.07) is 14.9. The van der Waals surface area contributed by atoms with Crippen molar-refractivity contribution >= 4 is 34.5 Å². The number of nitrogens with zero attached hydrogens (tertiary/aromatic N) is 3. The van der Waals surface area contributed by atoms with Gasteiger partial charge in [0, 0.05) is 17.8 Å². The number of amidine groups is 1. The SMILES string of the molecule is CCC1=C(C(=O)OC)C(c2cccc([N+](=O)[O-])c2)N2C(CC(=O)NC(C)c3ccccc3)=CSC2=N1. The van der Waals surface area contributed by atoms with Crippen LogP contribution in [0.4, 0.5) is 5.69 Å². The summed E-state index contributed by atoms with van der Waals surface area (Å²) in [6.45, 7) is 3.80. The molecule has 2 aliphatic heterocycles. The Morgan fingerprint density at radius 1 is 1.22 bits per heavy atom. The number of carbonyl (C=O) groups excluding carboxylic acids is 2. The highest BCUT2D eigenvalue weighted by Crippen LogP contribution is 2.45. The van der Waals surface area contributed by atoms with E-state index in [1.54, 1.807) is 12.1 Å². The fraction of sp³-hybridized carbons (Fsp3) is 0.269. The van der Waals surface area contributed by atoms with Gasteiger partial charge in [0.2, 0.25) is 5.91 Å². The summed E-state index contributed by atoms with van der Waals surface area (Å²) in [6.07, 6.45) is 0.517. The summed E-state index contributed by atoms with van der Waals surface area (Å²) in [5, 5.41) is 16.9. The third kappa shape index (κ3) is 5.03. The van der Waals surface area contributed by atoms with Crippen LogP contribution in [0.5, 0.6) is 0 Å². The number of hydrogen-bond donors (Lipinski definition) is 1. The Kier molecular flexibility index (Phi) is 7.54. The summed E-state index contributed by atoms with van der Waals surface area (Å²) in [7, 11) is 1.29. The molecule has 0 fully saturated rings. The van der Waals surface area contributed by atoms with Crippen LogP contribution < -0.4 is 5.32 Å². The van der Waals surface area contributed by atoms with Gasteiger partial charge in [0.05, 0.1) is 41.8 Å². The highest BCUT2D eigenvalue weighted by molar-refractivity contribution is 8.16. The van der Waals surface area contributed by atoms with Crippen molar-refractivity contribution in [3.8, 4) is 0 Å². The fourth-order valence-corrected chi connectivity index (χ4v) is 5.26. The number of nitrogens with one attached hydrogen (secondary N) is 1. The van der Waals surface area contributed by atoms with Crippen molar-refractivity contribution in [1.82, 2.24) is 10.2 Å². The summed E-state index contributed by atoms with van der Waals surface area (Å²) < 4.78 is 5.09. The largest absolute Gasteiger partial charge is 0.466 e.